The van der Waals surface area contributed by atoms with Gasteiger partial charge in [-0.3, -0.25) is 0 Å². The summed E-state index contributed by atoms with van der Waals surface area (Å²) in [5, 5.41) is 0. The van der Waals surface area contributed by atoms with Crippen LogP contribution in [0.5, 0.6) is 5.75 Å². The summed E-state index contributed by atoms with van der Waals surface area (Å²) in [7, 11) is 3.73. The predicted octanol–water partition coefficient (Wildman–Crippen LogP) is 2.61. The highest BCUT2D eigenvalue weighted by atomic mass is 28.4. The lowest BCUT2D eigenvalue weighted by atomic mass is 10.1. The fourth-order valence-electron chi connectivity index (χ4n) is 3.12. The van der Waals surface area contributed by atoms with Crippen molar-refractivity contribution in [2.24, 2.45) is 0 Å². The van der Waals surface area contributed by atoms with Crippen molar-refractivity contribution in [2.75, 3.05) is 27.7 Å². The van der Waals surface area contributed by atoms with Gasteiger partial charge in [-0.1, -0.05) is 25.0 Å². The molecular formula is C15H25NO2Si. The largest absolute Gasteiger partial charge is 0.497 e. The maximum absolute atomic E-state index is 11.1. The van der Waals surface area contributed by atoms with Crippen molar-refractivity contribution in [1.82, 2.24) is 4.90 Å². The molecule has 1 N–H and O–H groups in total. The number of methoxy groups -OCH3 is 1. The van der Waals surface area contributed by atoms with Crippen LogP contribution in [0.3, 0.4) is 0 Å². The maximum atomic E-state index is 11.1. The van der Waals surface area contributed by atoms with Crippen LogP contribution in [-0.4, -0.2) is 45.8 Å². The molecule has 0 amide bonds. The molecule has 1 heterocycles. The van der Waals surface area contributed by atoms with E-state index in [0.717, 1.165) is 24.4 Å². The van der Waals surface area contributed by atoms with Crippen molar-refractivity contribution in [3.8, 4) is 5.75 Å². The van der Waals surface area contributed by atoms with E-state index in [1.165, 1.54) is 18.4 Å². The van der Waals surface area contributed by atoms with Crippen molar-refractivity contribution < 1.29 is 9.53 Å². The smallest absolute Gasteiger partial charge is 0.197 e. The number of hydrogen-bond acceptors (Lipinski definition) is 3. The molecule has 2 rings (SSSR count). The normalized spacial score (nSPS) is 19.6. The lowest BCUT2D eigenvalue weighted by Crippen LogP contribution is -2.43. The van der Waals surface area contributed by atoms with Crippen molar-refractivity contribution in [3.05, 3.63) is 29.8 Å². The van der Waals surface area contributed by atoms with E-state index >= 15 is 0 Å². The molecule has 1 saturated heterocycles. The lowest BCUT2D eigenvalue weighted by molar-refractivity contribution is 0.382. The Morgan fingerprint density at radius 2 is 1.79 bits per heavy atom. The van der Waals surface area contributed by atoms with Crippen LogP contribution in [0, 0.1) is 0 Å². The van der Waals surface area contributed by atoms with Gasteiger partial charge in [0.25, 0.3) is 0 Å². The Balaban J connectivity index is 2.25. The molecule has 3 nitrogen and oxygen atoms in total. The first-order valence-electron chi connectivity index (χ1n) is 7.06. The number of likely N-dealkylation sites (N-methyl/N-ethyl adjacent to an activating group) is 1. The Hall–Kier alpha value is -0.843. The molecule has 1 fully saturated rings. The third-order valence-corrected chi connectivity index (χ3v) is 8.44. The van der Waals surface area contributed by atoms with Crippen molar-refractivity contribution in [2.45, 2.75) is 30.5 Å². The quantitative estimate of drug-likeness (QED) is 0.841. The molecule has 4 heteroatoms. The standard InChI is InChI=1S/C15H25NO2Si/c1-16(2)12-15(19(17)10-4-5-11-19)13-6-8-14(18-3)9-7-13/h6-9,15,17H,4-5,10-12H2,1-3H3. The highest BCUT2D eigenvalue weighted by molar-refractivity contribution is 6.74. The minimum absolute atomic E-state index is 0.316. The van der Waals surface area contributed by atoms with Gasteiger partial charge in [0.15, 0.2) is 8.32 Å². The van der Waals surface area contributed by atoms with Crippen LogP contribution in [0.1, 0.15) is 23.9 Å². The first-order chi connectivity index (χ1) is 9.05. The van der Waals surface area contributed by atoms with Gasteiger partial charge in [0.2, 0.25) is 0 Å². The molecule has 19 heavy (non-hydrogen) atoms. The molecule has 0 aromatic heterocycles. The Bertz CT molecular complexity index is 399. The van der Waals surface area contributed by atoms with Gasteiger partial charge in [-0.2, -0.15) is 0 Å². The topological polar surface area (TPSA) is 32.7 Å². The van der Waals surface area contributed by atoms with Crippen LogP contribution in [0.15, 0.2) is 24.3 Å². The van der Waals surface area contributed by atoms with Crippen LogP contribution in [0.4, 0.5) is 0 Å². The Morgan fingerprint density at radius 3 is 2.26 bits per heavy atom. The van der Waals surface area contributed by atoms with Gasteiger partial charge < -0.3 is 14.4 Å². The molecule has 1 aliphatic heterocycles. The number of benzene rings is 1. The summed E-state index contributed by atoms with van der Waals surface area (Å²) in [6, 6.07) is 10.4. The fourth-order valence-corrected chi connectivity index (χ4v) is 7.31. The van der Waals surface area contributed by atoms with E-state index in [4.69, 9.17) is 4.74 Å². The summed E-state index contributed by atoms with van der Waals surface area (Å²) in [6.45, 7) is 0.940. The molecule has 0 spiro atoms. The van der Waals surface area contributed by atoms with Crippen LogP contribution >= 0.6 is 0 Å². The molecule has 0 bridgehead atoms. The zero-order valence-electron chi connectivity index (χ0n) is 12.2. The van der Waals surface area contributed by atoms with Gasteiger partial charge >= 0.3 is 0 Å². The monoisotopic (exact) mass is 279 g/mol. The number of ether oxygens (including phenoxy) is 1. The van der Waals surface area contributed by atoms with E-state index in [-0.39, 0.29) is 0 Å². The third kappa shape index (κ3) is 3.38. The van der Waals surface area contributed by atoms with Crippen LogP contribution < -0.4 is 4.74 Å². The van der Waals surface area contributed by atoms with Crippen molar-refractivity contribution >= 4 is 8.32 Å². The molecular weight excluding hydrogens is 254 g/mol. The molecule has 0 radical (unpaired) electrons. The van der Waals surface area contributed by atoms with Crippen LogP contribution in [0.2, 0.25) is 12.1 Å². The van der Waals surface area contributed by atoms with E-state index in [9.17, 15) is 4.80 Å². The summed E-state index contributed by atoms with van der Waals surface area (Å²) < 4.78 is 5.22. The average molecular weight is 279 g/mol. The molecule has 1 aliphatic rings. The SMILES string of the molecule is COc1ccc(C(CN(C)C)[Si]2(O)CCCC2)cc1. The van der Waals surface area contributed by atoms with Gasteiger partial charge in [-0.05, 0) is 43.9 Å². The highest BCUT2D eigenvalue weighted by Crippen LogP contribution is 2.39. The molecule has 1 atom stereocenters. The van der Waals surface area contributed by atoms with Gasteiger partial charge in [-0.25, -0.2) is 0 Å². The van der Waals surface area contributed by atoms with Crippen molar-refractivity contribution in [1.29, 1.82) is 0 Å². The first-order valence-corrected chi connectivity index (χ1v) is 9.50. The average Bonchev–Trinajstić information content (AvgIpc) is 2.84. The van der Waals surface area contributed by atoms with E-state index in [1.54, 1.807) is 7.11 Å². The minimum Gasteiger partial charge on any atom is -0.497 e. The van der Waals surface area contributed by atoms with Gasteiger partial charge in [-0.15, -0.1) is 0 Å². The van der Waals surface area contributed by atoms with Crippen LogP contribution in [-0.2, 0) is 0 Å². The number of nitrogens with zero attached hydrogens (tertiary/aromatic N) is 1. The summed E-state index contributed by atoms with van der Waals surface area (Å²) >= 11 is 0. The molecule has 1 aromatic rings. The number of rotatable bonds is 5. The summed E-state index contributed by atoms with van der Waals surface area (Å²) in [4.78, 5) is 13.3. The van der Waals surface area contributed by atoms with E-state index in [0.29, 0.717) is 5.54 Å². The van der Waals surface area contributed by atoms with E-state index in [2.05, 4.69) is 31.1 Å². The molecule has 1 unspecified atom stereocenters. The Labute approximate surface area is 117 Å². The van der Waals surface area contributed by atoms with E-state index in [1.807, 2.05) is 12.1 Å². The third-order valence-electron chi connectivity index (χ3n) is 4.18. The zero-order chi connectivity index (χ0) is 13.9. The second kappa shape index (κ2) is 6.07. The summed E-state index contributed by atoms with van der Waals surface area (Å²) in [6.07, 6.45) is 2.39. The second-order valence-corrected chi connectivity index (χ2v) is 9.80. The second-order valence-electron chi connectivity index (χ2n) is 5.90. The Morgan fingerprint density at radius 1 is 1.21 bits per heavy atom. The lowest BCUT2D eigenvalue weighted by Gasteiger charge is -2.32. The molecule has 106 valence electrons. The summed E-state index contributed by atoms with van der Waals surface area (Å²) in [5.74, 6) is 0.882. The molecule has 1 aromatic carbocycles. The minimum atomic E-state index is -2.13. The highest BCUT2D eigenvalue weighted by Gasteiger charge is 2.43. The first kappa shape index (κ1) is 14.6. The predicted molar refractivity (Wildman–Crippen MR) is 81.1 cm³/mol. The van der Waals surface area contributed by atoms with Crippen molar-refractivity contribution in [3.63, 3.8) is 0 Å². The van der Waals surface area contributed by atoms with Gasteiger partial charge in [0.1, 0.15) is 5.75 Å². The van der Waals surface area contributed by atoms with Gasteiger partial charge in [0, 0.05) is 12.1 Å². The maximum Gasteiger partial charge on any atom is 0.197 e. The molecule has 0 saturated carbocycles. The Kier molecular flexibility index (Phi) is 4.65. The summed E-state index contributed by atoms with van der Waals surface area (Å²) in [5.41, 5.74) is 1.58. The molecule has 0 aliphatic carbocycles. The zero-order valence-corrected chi connectivity index (χ0v) is 13.2. The van der Waals surface area contributed by atoms with E-state index < -0.39 is 8.32 Å². The fraction of sp³-hybridized carbons (Fsp3) is 0.600. The van der Waals surface area contributed by atoms with Gasteiger partial charge in [0.05, 0.1) is 7.11 Å². The number of hydrogen-bond donors (Lipinski definition) is 1. The van der Waals surface area contributed by atoms with Crippen LogP contribution in [0.25, 0.3) is 0 Å².